The van der Waals surface area contributed by atoms with Gasteiger partial charge in [0.25, 0.3) is 0 Å². The van der Waals surface area contributed by atoms with Gasteiger partial charge in [-0.3, -0.25) is 19.2 Å². The zero-order valence-electron chi connectivity index (χ0n) is 56.5. The first-order chi connectivity index (χ1) is 44.6. The second kappa shape index (κ2) is 33.6. The number of rotatable bonds is 23. The molecule has 518 valence electrons. The Hall–Kier alpha value is -6.24. The van der Waals surface area contributed by atoms with Crippen LogP contribution in [0.5, 0.6) is 0 Å². The lowest BCUT2D eigenvalue weighted by atomic mass is 9.49. The number of urea groups is 2. The first kappa shape index (κ1) is 73.6. The molecule has 2 aliphatic heterocycles. The number of aryl methyl sites for hydroxylation is 2. The largest absolute Gasteiger partial charge is 0.478 e. The van der Waals surface area contributed by atoms with Crippen molar-refractivity contribution in [2.75, 3.05) is 104 Å². The number of likely N-dealkylation sites (N-methyl/N-ethyl adjacent to an activating group) is 2. The van der Waals surface area contributed by atoms with Gasteiger partial charge in [-0.15, -0.1) is 0 Å². The van der Waals surface area contributed by atoms with Crippen molar-refractivity contribution in [3.8, 4) is 0 Å². The summed E-state index contributed by atoms with van der Waals surface area (Å²) in [7, 11) is 4.13. The van der Waals surface area contributed by atoms with E-state index in [1.54, 1.807) is 65.8 Å². The average Bonchev–Trinajstić information content (AvgIpc) is 0.760. The summed E-state index contributed by atoms with van der Waals surface area (Å²) in [6.07, 6.45) is 14.2. The van der Waals surface area contributed by atoms with Gasteiger partial charge in [-0.05, 0) is 202 Å². The highest BCUT2D eigenvalue weighted by Gasteiger charge is 2.52. The van der Waals surface area contributed by atoms with Crippen molar-refractivity contribution in [3.63, 3.8) is 0 Å². The topological polar surface area (TPSA) is 273 Å². The molecule has 10 aliphatic rings. The van der Waals surface area contributed by atoms with Crippen LogP contribution in [-0.2, 0) is 38.2 Å². The standard InChI is InChI=1S/2C25H42N4O3S.C20H18O8/c2*1-18(23(31)28-8-6-27(3)7-9-28)26-24(32)29(10-11-33-19(2)30)5-4-25-15-20-12-21(16-25)14-22(13-20)17-25;1-11-3-7-13(8-4-11)19(25)27-15(17(21)22)16(18(23)24)28-20(26)14-9-5-12(2)6-10-14/h2*18,20-22H,4-17H2,1-3H3,(H,26,32);3-10,15-16H,1-2H3,(H,21,22)(H,23,24)/t2*18-,20?,21?,22?,25?;15-,16-/m001/s1. The minimum Gasteiger partial charge on any atom is -0.478 e. The normalized spacial score (nSPS) is 26.2. The van der Waals surface area contributed by atoms with Crippen LogP contribution in [0.2, 0.25) is 0 Å². The number of amides is 6. The van der Waals surface area contributed by atoms with Gasteiger partial charge in [0, 0.05) is 104 Å². The second-order valence-electron chi connectivity index (χ2n) is 28.6. The molecule has 10 fully saturated rings. The van der Waals surface area contributed by atoms with Gasteiger partial charge in [0.2, 0.25) is 24.0 Å². The Bertz CT molecular complexity index is 2720. The summed E-state index contributed by atoms with van der Waals surface area (Å²) in [5.74, 6) is 0.952. The van der Waals surface area contributed by atoms with Crippen molar-refractivity contribution in [2.24, 2.45) is 46.3 Å². The lowest BCUT2D eigenvalue weighted by Crippen LogP contribution is -2.55. The molecule has 6 amide bonds. The quantitative estimate of drug-likeness (QED) is 0.0761. The molecule has 4 atom stereocenters. The van der Waals surface area contributed by atoms with Crippen LogP contribution in [0.25, 0.3) is 0 Å². The van der Waals surface area contributed by atoms with Gasteiger partial charge in [0.1, 0.15) is 12.1 Å². The van der Waals surface area contributed by atoms with E-state index in [0.717, 1.165) is 85.7 Å². The van der Waals surface area contributed by atoms with E-state index in [4.69, 9.17) is 9.47 Å². The van der Waals surface area contributed by atoms with Crippen LogP contribution in [0.15, 0.2) is 48.5 Å². The number of aliphatic carboxylic acids is 2. The van der Waals surface area contributed by atoms with Gasteiger partial charge in [-0.2, -0.15) is 0 Å². The van der Waals surface area contributed by atoms with E-state index in [-0.39, 0.29) is 45.2 Å². The molecule has 0 radical (unpaired) electrons. The van der Waals surface area contributed by atoms with Crippen LogP contribution >= 0.6 is 23.5 Å². The van der Waals surface area contributed by atoms with Gasteiger partial charge in [0.05, 0.1) is 11.1 Å². The second-order valence-corrected chi connectivity index (χ2v) is 31.2. The maximum atomic E-state index is 13.2. The van der Waals surface area contributed by atoms with E-state index >= 15 is 0 Å². The molecule has 8 saturated carbocycles. The van der Waals surface area contributed by atoms with Gasteiger partial charge >= 0.3 is 35.9 Å². The molecule has 8 bridgehead atoms. The van der Waals surface area contributed by atoms with Crippen molar-refractivity contribution in [1.29, 1.82) is 0 Å². The van der Waals surface area contributed by atoms with E-state index in [1.807, 2.05) is 19.6 Å². The molecular weight excluding hydrogens is 1240 g/mol. The number of carboxylic acids is 2. The molecule has 2 aromatic carbocycles. The number of carbonyl (C=O) groups is 10. The van der Waals surface area contributed by atoms with E-state index in [0.29, 0.717) is 74.7 Å². The number of carboxylic acid groups (broad SMARTS) is 2. The Labute approximate surface area is 563 Å². The molecule has 24 heteroatoms. The third kappa shape index (κ3) is 20.9. The third-order valence-corrected chi connectivity index (χ3v) is 22.5. The Morgan fingerprint density at radius 2 is 0.777 bits per heavy atom. The van der Waals surface area contributed by atoms with Crippen LogP contribution < -0.4 is 10.6 Å². The first-order valence-electron chi connectivity index (χ1n) is 34.0. The van der Waals surface area contributed by atoms with Gasteiger partial charge in [-0.1, -0.05) is 58.9 Å². The highest BCUT2D eigenvalue weighted by molar-refractivity contribution is 8.13. The fourth-order valence-electron chi connectivity index (χ4n) is 16.7. The van der Waals surface area contributed by atoms with Crippen molar-refractivity contribution in [2.45, 2.75) is 156 Å². The number of esters is 2. The summed E-state index contributed by atoms with van der Waals surface area (Å²) in [4.78, 5) is 134. The monoisotopic (exact) mass is 1340 g/mol. The molecule has 2 saturated heterocycles. The van der Waals surface area contributed by atoms with Crippen LogP contribution in [0.3, 0.4) is 0 Å². The number of carbonyl (C=O) groups excluding carboxylic acids is 8. The minimum absolute atomic E-state index is 0.00408. The number of nitrogens with zero attached hydrogens (tertiary/aromatic N) is 6. The summed E-state index contributed by atoms with van der Waals surface area (Å²) >= 11 is 2.54. The molecule has 8 aliphatic carbocycles. The van der Waals surface area contributed by atoms with Crippen molar-refractivity contribution < 1.29 is 67.6 Å². The number of piperazine rings is 2. The Morgan fingerprint density at radius 1 is 0.489 bits per heavy atom. The predicted molar refractivity (Wildman–Crippen MR) is 360 cm³/mol. The molecule has 4 N–H and O–H groups in total. The molecule has 2 aromatic rings. The molecule has 0 unspecified atom stereocenters. The first-order valence-corrected chi connectivity index (χ1v) is 35.9. The predicted octanol–water partition coefficient (Wildman–Crippen LogP) is 8.32. The number of ether oxygens (including phenoxy) is 2. The molecular formula is C70H102N8O14S2. The molecule has 0 aromatic heterocycles. The molecule has 12 rings (SSSR count). The van der Waals surface area contributed by atoms with Crippen LogP contribution in [0, 0.1) is 60.2 Å². The third-order valence-electron chi connectivity index (χ3n) is 20.9. The summed E-state index contributed by atoms with van der Waals surface area (Å²) in [6, 6.07) is 10.7. The Morgan fingerprint density at radius 3 is 1.04 bits per heavy atom. The number of hydrogen-bond donors (Lipinski definition) is 4. The SMILES string of the molecule is CC(=O)SCCN(CCC12CC3CC(CC(C3)C1)C2)C(=O)N[C@@H](C)C(=O)N1CCN(C)CC1.CC(=O)SCCN(CCC12CC3CC(CC(C3)C1)C2)C(=O)N[C@@H](C)C(=O)N1CCN(C)CC1.Cc1ccc(C(=O)O[C@@H](C(=O)O)[C@@H](OC(=O)c2ccc(C)cc2)C(=O)O)cc1. The summed E-state index contributed by atoms with van der Waals surface area (Å²) in [5.41, 5.74) is 2.60. The number of nitrogens with one attached hydrogen (secondary N) is 2. The fraction of sp³-hybridized carbons (Fsp3) is 0.686. The summed E-state index contributed by atoms with van der Waals surface area (Å²) < 4.78 is 9.64. The number of thioether (sulfide) groups is 2. The number of hydrogen-bond acceptors (Lipinski definition) is 16. The zero-order chi connectivity index (χ0) is 68.0. The fourth-order valence-corrected chi connectivity index (χ4v) is 17.9. The minimum atomic E-state index is -2.22. The molecule has 94 heavy (non-hydrogen) atoms. The summed E-state index contributed by atoms with van der Waals surface area (Å²) in [5, 5.41) is 24.7. The Kier molecular flexibility index (Phi) is 26.3. The highest BCUT2D eigenvalue weighted by Crippen LogP contribution is 2.62. The lowest BCUT2D eigenvalue weighted by molar-refractivity contribution is -0.166. The van der Waals surface area contributed by atoms with E-state index < -0.39 is 48.2 Å². The van der Waals surface area contributed by atoms with Crippen molar-refractivity contribution >= 4 is 81.5 Å². The molecule has 22 nitrogen and oxygen atoms in total. The molecule has 2 heterocycles. The zero-order valence-corrected chi connectivity index (χ0v) is 58.1. The maximum absolute atomic E-state index is 13.2. The van der Waals surface area contributed by atoms with E-state index in [1.165, 1.54) is 125 Å². The average molecular weight is 1340 g/mol. The van der Waals surface area contributed by atoms with E-state index in [9.17, 15) is 58.2 Å². The van der Waals surface area contributed by atoms with Gasteiger partial charge < -0.3 is 59.7 Å². The van der Waals surface area contributed by atoms with Crippen molar-refractivity contribution in [3.05, 3.63) is 70.8 Å². The van der Waals surface area contributed by atoms with Gasteiger partial charge in [0.15, 0.2) is 10.2 Å². The maximum Gasteiger partial charge on any atom is 0.349 e. The highest BCUT2D eigenvalue weighted by atomic mass is 32.2. The van der Waals surface area contributed by atoms with Crippen LogP contribution in [0.1, 0.15) is 149 Å². The lowest BCUT2D eigenvalue weighted by Gasteiger charge is -2.57. The van der Waals surface area contributed by atoms with Crippen LogP contribution in [0.4, 0.5) is 9.59 Å². The molecule has 0 spiro atoms. The van der Waals surface area contributed by atoms with E-state index in [2.05, 4.69) is 34.5 Å². The van der Waals surface area contributed by atoms with Crippen molar-refractivity contribution in [1.82, 2.24) is 40.0 Å². The number of benzene rings is 2. The smallest absolute Gasteiger partial charge is 0.349 e. The van der Waals surface area contributed by atoms with Crippen LogP contribution in [-0.4, -0.2) is 226 Å². The summed E-state index contributed by atoms with van der Waals surface area (Å²) in [6.45, 7) is 19.1. The van der Waals surface area contributed by atoms with Gasteiger partial charge in [-0.25, -0.2) is 28.8 Å². The Balaban J connectivity index is 0.000000182.